The van der Waals surface area contributed by atoms with Crippen LogP contribution in [0.2, 0.25) is 0 Å². The fourth-order valence-electron chi connectivity index (χ4n) is 1.73. The van der Waals surface area contributed by atoms with Gasteiger partial charge < -0.3 is 0 Å². The van der Waals surface area contributed by atoms with Crippen molar-refractivity contribution in [3.63, 3.8) is 0 Å². The number of rotatable bonds is 0. The van der Waals surface area contributed by atoms with Gasteiger partial charge in [0.1, 0.15) is 5.52 Å². The minimum Gasteiger partial charge on any atom is -0.259 e. The highest BCUT2D eigenvalue weighted by molar-refractivity contribution is 5.77. The van der Waals surface area contributed by atoms with Crippen LogP contribution in [-0.2, 0) is 0 Å². The predicted molar refractivity (Wildman–Crippen MR) is 52.1 cm³/mol. The van der Waals surface area contributed by atoms with Crippen LogP contribution < -0.4 is 0 Å². The number of aromatic amines is 1. The maximum atomic E-state index is 4.42. The van der Waals surface area contributed by atoms with Crippen molar-refractivity contribution in [3.8, 4) is 0 Å². The molecule has 70 valence electrons. The van der Waals surface area contributed by atoms with Crippen molar-refractivity contribution in [1.29, 1.82) is 0 Å². The molecular formula is C9H9N5. The van der Waals surface area contributed by atoms with E-state index < -0.39 is 0 Å². The summed E-state index contributed by atoms with van der Waals surface area (Å²) >= 11 is 0. The molecule has 0 radical (unpaired) electrons. The second-order valence-electron chi connectivity index (χ2n) is 3.33. The van der Waals surface area contributed by atoms with Gasteiger partial charge in [-0.25, -0.2) is 9.50 Å². The molecule has 0 unspecified atom stereocenters. The van der Waals surface area contributed by atoms with Crippen molar-refractivity contribution >= 4 is 16.7 Å². The standard InChI is InChI=1S/C9H9N5/c1-5-7-3-4-10-14(7)8-6(2)12-13-9(8)11-5/h3-4H,1-2H3,(H,12,13). The molecule has 3 heterocycles. The van der Waals surface area contributed by atoms with Crippen molar-refractivity contribution in [3.05, 3.63) is 23.7 Å². The van der Waals surface area contributed by atoms with Gasteiger partial charge in [-0.05, 0) is 19.9 Å². The maximum absolute atomic E-state index is 4.42. The molecule has 1 N–H and O–H groups in total. The number of aryl methyl sites for hydroxylation is 2. The molecule has 0 aliphatic heterocycles. The zero-order chi connectivity index (χ0) is 9.71. The minimum atomic E-state index is 0.788. The van der Waals surface area contributed by atoms with Gasteiger partial charge in [-0.3, -0.25) is 5.10 Å². The van der Waals surface area contributed by atoms with E-state index in [0.717, 1.165) is 28.1 Å². The predicted octanol–water partition coefficient (Wildman–Crippen LogP) is 1.22. The van der Waals surface area contributed by atoms with E-state index in [-0.39, 0.29) is 0 Å². The van der Waals surface area contributed by atoms with E-state index in [1.165, 1.54) is 0 Å². The van der Waals surface area contributed by atoms with E-state index in [1.54, 1.807) is 6.20 Å². The number of hydrogen-bond acceptors (Lipinski definition) is 3. The highest BCUT2D eigenvalue weighted by Crippen LogP contribution is 2.17. The lowest BCUT2D eigenvalue weighted by Crippen LogP contribution is -1.95. The first-order valence-electron chi connectivity index (χ1n) is 4.42. The summed E-state index contributed by atoms with van der Waals surface area (Å²) in [5, 5.41) is 11.3. The molecule has 3 aromatic heterocycles. The molecule has 14 heavy (non-hydrogen) atoms. The molecular weight excluding hydrogens is 178 g/mol. The Labute approximate surface area is 79.8 Å². The topological polar surface area (TPSA) is 58.9 Å². The average Bonchev–Trinajstić information content (AvgIpc) is 2.72. The molecule has 0 aliphatic rings. The van der Waals surface area contributed by atoms with Crippen LogP contribution in [0.1, 0.15) is 11.4 Å². The van der Waals surface area contributed by atoms with Crippen molar-refractivity contribution in [2.75, 3.05) is 0 Å². The Balaban J connectivity index is 2.69. The van der Waals surface area contributed by atoms with Crippen LogP contribution >= 0.6 is 0 Å². The highest BCUT2D eigenvalue weighted by Gasteiger charge is 2.09. The van der Waals surface area contributed by atoms with E-state index in [0.29, 0.717) is 0 Å². The zero-order valence-corrected chi connectivity index (χ0v) is 7.94. The fourth-order valence-corrected chi connectivity index (χ4v) is 1.73. The molecule has 0 atom stereocenters. The van der Waals surface area contributed by atoms with Gasteiger partial charge in [-0.2, -0.15) is 10.2 Å². The monoisotopic (exact) mass is 187 g/mol. The summed E-state index contributed by atoms with van der Waals surface area (Å²) in [5.74, 6) is 0. The van der Waals surface area contributed by atoms with Crippen molar-refractivity contribution in [1.82, 2.24) is 24.8 Å². The molecule has 0 aromatic carbocycles. The number of aromatic nitrogens is 5. The molecule has 0 amide bonds. The summed E-state index contributed by atoms with van der Waals surface area (Å²) in [5.41, 5.74) is 4.65. The molecule has 3 aromatic rings. The zero-order valence-electron chi connectivity index (χ0n) is 7.94. The van der Waals surface area contributed by atoms with Crippen LogP contribution in [0, 0.1) is 13.8 Å². The van der Waals surface area contributed by atoms with E-state index in [4.69, 9.17) is 0 Å². The second-order valence-corrected chi connectivity index (χ2v) is 3.33. The number of hydrogen-bond donors (Lipinski definition) is 1. The quantitative estimate of drug-likeness (QED) is 0.575. The molecule has 0 bridgehead atoms. The number of H-pyrrole nitrogens is 1. The maximum Gasteiger partial charge on any atom is 0.174 e. The smallest absolute Gasteiger partial charge is 0.174 e. The Morgan fingerprint density at radius 2 is 2.14 bits per heavy atom. The SMILES string of the molecule is Cc1nc2[nH]nc(C)c2n2nccc12. The van der Waals surface area contributed by atoms with Crippen molar-refractivity contribution in [2.45, 2.75) is 13.8 Å². The average molecular weight is 187 g/mol. The molecule has 5 nitrogen and oxygen atoms in total. The summed E-state index contributed by atoms with van der Waals surface area (Å²) in [7, 11) is 0. The van der Waals surface area contributed by atoms with Crippen LogP contribution in [0.4, 0.5) is 0 Å². The van der Waals surface area contributed by atoms with Crippen LogP contribution in [0.15, 0.2) is 12.3 Å². The fraction of sp³-hybridized carbons (Fsp3) is 0.222. The van der Waals surface area contributed by atoms with E-state index >= 15 is 0 Å². The van der Waals surface area contributed by atoms with Gasteiger partial charge in [-0.1, -0.05) is 0 Å². The third-order valence-electron chi connectivity index (χ3n) is 2.40. The number of nitrogens with zero attached hydrogens (tertiary/aromatic N) is 4. The first kappa shape index (κ1) is 7.49. The van der Waals surface area contributed by atoms with Crippen molar-refractivity contribution in [2.24, 2.45) is 0 Å². The Morgan fingerprint density at radius 1 is 1.29 bits per heavy atom. The summed E-state index contributed by atoms with van der Waals surface area (Å²) in [4.78, 5) is 4.42. The van der Waals surface area contributed by atoms with Crippen LogP contribution in [-0.4, -0.2) is 24.8 Å². The Morgan fingerprint density at radius 3 is 3.00 bits per heavy atom. The summed E-state index contributed by atoms with van der Waals surface area (Å²) in [6, 6.07) is 1.95. The molecule has 5 heteroatoms. The Bertz CT molecular complexity index is 618. The lowest BCUT2D eigenvalue weighted by Gasteiger charge is -1.98. The van der Waals surface area contributed by atoms with Gasteiger partial charge >= 0.3 is 0 Å². The molecule has 0 spiro atoms. The Kier molecular flexibility index (Phi) is 1.24. The van der Waals surface area contributed by atoms with Gasteiger partial charge in [0, 0.05) is 0 Å². The van der Waals surface area contributed by atoms with Gasteiger partial charge in [-0.15, -0.1) is 0 Å². The molecule has 3 rings (SSSR count). The van der Waals surface area contributed by atoms with Gasteiger partial charge in [0.25, 0.3) is 0 Å². The first-order chi connectivity index (χ1) is 6.77. The van der Waals surface area contributed by atoms with Crippen molar-refractivity contribution < 1.29 is 0 Å². The van der Waals surface area contributed by atoms with Gasteiger partial charge in [0.05, 0.1) is 23.1 Å². The van der Waals surface area contributed by atoms with Crippen LogP contribution in [0.25, 0.3) is 16.7 Å². The third kappa shape index (κ3) is 0.761. The second kappa shape index (κ2) is 2.31. The third-order valence-corrected chi connectivity index (χ3v) is 2.40. The number of nitrogens with one attached hydrogen (secondary N) is 1. The summed E-state index contributed by atoms with van der Waals surface area (Å²) in [6.07, 6.45) is 1.77. The lowest BCUT2D eigenvalue weighted by molar-refractivity contribution is 0.981. The normalized spacial score (nSPS) is 11.6. The van der Waals surface area contributed by atoms with Gasteiger partial charge in [0.2, 0.25) is 0 Å². The first-order valence-corrected chi connectivity index (χ1v) is 4.42. The largest absolute Gasteiger partial charge is 0.259 e. The summed E-state index contributed by atoms with van der Waals surface area (Å²) < 4.78 is 1.87. The van der Waals surface area contributed by atoms with Crippen LogP contribution in [0.5, 0.6) is 0 Å². The summed E-state index contributed by atoms with van der Waals surface area (Å²) in [6.45, 7) is 3.91. The van der Waals surface area contributed by atoms with E-state index in [2.05, 4.69) is 20.3 Å². The minimum absolute atomic E-state index is 0.788. The number of fused-ring (bicyclic) bond motifs is 3. The molecule has 0 saturated heterocycles. The van der Waals surface area contributed by atoms with E-state index in [1.807, 2.05) is 24.4 Å². The highest BCUT2D eigenvalue weighted by atomic mass is 15.3. The lowest BCUT2D eigenvalue weighted by atomic mass is 10.3. The Hall–Kier alpha value is -1.91. The van der Waals surface area contributed by atoms with Gasteiger partial charge in [0.15, 0.2) is 5.65 Å². The molecule has 0 aliphatic carbocycles. The molecule has 0 fully saturated rings. The van der Waals surface area contributed by atoms with Crippen LogP contribution in [0.3, 0.4) is 0 Å². The van der Waals surface area contributed by atoms with E-state index in [9.17, 15) is 0 Å². The molecule has 0 saturated carbocycles.